The number of hydrogen-bond acceptors (Lipinski definition) is 3. The van der Waals surface area contributed by atoms with Gasteiger partial charge in [0.2, 0.25) is 0 Å². The van der Waals surface area contributed by atoms with Gasteiger partial charge in [-0.15, -0.1) is 13.2 Å². The highest BCUT2D eigenvalue weighted by Gasteiger charge is 2.32. The summed E-state index contributed by atoms with van der Waals surface area (Å²) in [4.78, 5) is 11.9. The van der Waals surface area contributed by atoms with Crippen LogP contribution in [-0.4, -0.2) is 30.1 Å². The van der Waals surface area contributed by atoms with Crippen LogP contribution < -0.4 is 15.4 Å². The Morgan fingerprint density at radius 1 is 1.21 bits per heavy atom. The molecule has 0 heterocycles. The molecule has 1 aromatic carbocycles. The van der Waals surface area contributed by atoms with Crippen molar-refractivity contribution in [2.75, 3.05) is 6.61 Å². The molecule has 134 valence electrons. The van der Waals surface area contributed by atoms with Gasteiger partial charge in [0.1, 0.15) is 5.75 Å². The molecule has 1 aromatic rings. The van der Waals surface area contributed by atoms with Gasteiger partial charge in [0, 0.05) is 24.8 Å². The van der Waals surface area contributed by atoms with E-state index in [0.717, 1.165) is 25.7 Å². The minimum Gasteiger partial charge on any atom is -0.405 e. The van der Waals surface area contributed by atoms with Crippen LogP contribution in [0.15, 0.2) is 24.3 Å². The van der Waals surface area contributed by atoms with E-state index in [-0.39, 0.29) is 36.4 Å². The van der Waals surface area contributed by atoms with Crippen LogP contribution in [0.3, 0.4) is 0 Å². The van der Waals surface area contributed by atoms with Crippen LogP contribution >= 0.6 is 0 Å². The van der Waals surface area contributed by atoms with Crippen molar-refractivity contribution < 1.29 is 27.8 Å². The fraction of sp³-hybridized carbons (Fsp3) is 0.562. The van der Waals surface area contributed by atoms with E-state index in [0.29, 0.717) is 0 Å². The molecule has 1 fully saturated rings. The zero-order valence-electron chi connectivity index (χ0n) is 13.1. The first-order valence-electron chi connectivity index (χ1n) is 7.86. The molecule has 1 aliphatic carbocycles. The summed E-state index contributed by atoms with van der Waals surface area (Å²) in [5.74, 6) is -0.0359. The standard InChI is InChI=1S/C16H21F3N2O3/c17-16(18,19)24-14-4-2-1-3-12(14)9-20-15(23)21-13-7-5-11(10-22)6-8-13/h1-4,11,13,22H,5-10H2,(H2,20,21,23). The van der Waals surface area contributed by atoms with Gasteiger partial charge in [-0.05, 0) is 37.7 Å². The normalized spacial score (nSPS) is 21.2. The van der Waals surface area contributed by atoms with Crippen LogP contribution in [0.25, 0.3) is 0 Å². The average Bonchev–Trinajstić information content (AvgIpc) is 2.53. The zero-order valence-corrected chi connectivity index (χ0v) is 13.1. The number of hydrogen-bond donors (Lipinski definition) is 3. The number of ether oxygens (including phenoxy) is 1. The lowest BCUT2D eigenvalue weighted by Crippen LogP contribution is -2.43. The lowest BCUT2D eigenvalue weighted by Gasteiger charge is -2.28. The van der Waals surface area contributed by atoms with Crippen LogP contribution in [0.4, 0.5) is 18.0 Å². The predicted molar refractivity (Wildman–Crippen MR) is 81.3 cm³/mol. The molecule has 0 bridgehead atoms. The van der Waals surface area contributed by atoms with Crippen molar-refractivity contribution in [3.8, 4) is 5.75 Å². The average molecular weight is 346 g/mol. The number of carbonyl (C=O) groups excluding carboxylic acids is 1. The molecule has 0 unspecified atom stereocenters. The Bertz CT molecular complexity index is 544. The monoisotopic (exact) mass is 346 g/mol. The fourth-order valence-corrected chi connectivity index (χ4v) is 2.78. The van der Waals surface area contributed by atoms with Crippen molar-refractivity contribution in [2.24, 2.45) is 5.92 Å². The number of para-hydroxylation sites is 1. The van der Waals surface area contributed by atoms with Gasteiger partial charge in [0.25, 0.3) is 0 Å². The SMILES string of the molecule is O=C(NCc1ccccc1OC(F)(F)F)NC1CCC(CO)CC1. The van der Waals surface area contributed by atoms with E-state index in [1.165, 1.54) is 18.2 Å². The first-order chi connectivity index (χ1) is 11.4. The van der Waals surface area contributed by atoms with Gasteiger partial charge >= 0.3 is 12.4 Å². The number of halogens is 3. The minimum absolute atomic E-state index is 0.0227. The molecule has 24 heavy (non-hydrogen) atoms. The molecule has 3 N–H and O–H groups in total. The minimum atomic E-state index is -4.77. The number of aliphatic hydroxyl groups excluding tert-OH is 1. The van der Waals surface area contributed by atoms with E-state index >= 15 is 0 Å². The Balaban J connectivity index is 1.82. The summed E-state index contributed by atoms with van der Waals surface area (Å²) in [6.45, 7) is 0.0962. The first kappa shape index (κ1) is 18.4. The molecule has 0 atom stereocenters. The van der Waals surface area contributed by atoms with Gasteiger partial charge in [-0.2, -0.15) is 0 Å². The molecule has 0 radical (unpaired) electrons. The van der Waals surface area contributed by atoms with Crippen molar-refractivity contribution >= 4 is 6.03 Å². The Kier molecular flexibility index (Phi) is 6.30. The molecule has 5 nitrogen and oxygen atoms in total. The Labute approximate surface area is 138 Å². The van der Waals surface area contributed by atoms with Gasteiger partial charge in [-0.25, -0.2) is 4.79 Å². The van der Waals surface area contributed by atoms with E-state index in [9.17, 15) is 18.0 Å². The molecular formula is C16H21F3N2O3. The van der Waals surface area contributed by atoms with E-state index in [4.69, 9.17) is 5.11 Å². The summed E-state index contributed by atoms with van der Waals surface area (Å²) in [6.07, 6.45) is -1.50. The number of amides is 2. The van der Waals surface area contributed by atoms with E-state index in [1.54, 1.807) is 6.07 Å². The molecule has 0 saturated heterocycles. The maximum atomic E-state index is 12.4. The molecule has 0 spiro atoms. The van der Waals surface area contributed by atoms with Gasteiger partial charge in [0.05, 0.1) is 0 Å². The quantitative estimate of drug-likeness (QED) is 0.768. The Morgan fingerprint density at radius 3 is 2.50 bits per heavy atom. The molecule has 8 heteroatoms. The van der Waals surface area contributed by atoms with Crippen LogP contribution in [0.1, 0.15) is 31.2 Å². The van der Waals surface area contributed by atoms with Crippen molar-refractivity contribution in [2.45, 2.75) is 44.6 Å². The number of nitrogens with one attached hydrogen (secondary N) is 2. The smallest absolute Gasteiger partial charge is 0.405 e. The van der Waals surface area contributed by atoms with Crippen molar-refractivity contribution in [3.05, 3.63) is 29.8 Å². The third-order valence-electron chi connectivity index (χ3n) is 4.08. The van der Waals surface area contributed by atoms with Crippen LogP contribution in [0.2, 0.25) is 0 Å². The maximum absolute atomic E-state index is 12.4. The van der Waals surface area contributed by atoms with Gasteiger partial charge in [-0.1, -0.05) is 18.2 Å². The number of rotatable bonds is 5. The Morgan fingerprint density at radius 2 is 1.88 bits per heavy atom. The second-order valence-electron chi connectivity index (χ2n) is 5.88. The lowest BCUT2D eigenvalue weighted by atomic mass is 9.87. The van der Waals surface area contributed by atoms with Crippen LogP contribution in [-0.2, 0) is 6.54 Å². The third-order valence-corrected chi connectivity index (χ3v) is 4.08. The zero-order chi connectivity index (χ0) is 17.6. The molecule has 1 aliphatic rings. The topological polar surface area (TPSA) is 70.6 Å². The van der Waals surface area contributed by atoms with Crippen molar-refractivity contribution in [1.82, 2.24) is 10.6 Å². The third kappa shape index (κ3) is 5.92. The number of aliphatic hydroxyl groups is 1. The predicted octanol–water partition coefficient (Wildman–Crippen LogP) is 2.94. The molecule has 0 aliphatic heterocycles. The second-order valence-corrected chi connectivity index (χ2v) is 5.88. The van der Waals surface area contributed by atoms with E-state index in [1.807, 2.05) is 0 Å². The molecule has 1 saturated carbocycles. The number of alkyl halides is 3. The molecule has 2 rings (SSSR count). The summed E-state index contributed by atoms with van der Waals surface area (Å²) < 4.78 is 41.0. The lowest BCUT2D eigenvalue weighted by molar-refractivity contribution is -0.274. The first-order valence-corrected chi connectivity index (χ1v) is 7.86. The van der Waals surface area contributed by atoms with E-state index < -0.39 is 12.4 Å². The van der Waals surface area contributed by atoms with E-state index in [2.05, 4.69) is 15.4 Å². The van der Waals surface area contributed by atoms with Crippen LogP contribution in [0, 0.1) is 5.92 Å². The molecule has 0 aromatic heterocycles. The van der Waals surface area contributed by atoms with Gasteiger partial charge < -0.3 is 20.5 Å². The highest BCUT2D eigenvalue weighted by Crippen LogP contribution is 2.26. The van der Waals surface area contributed by atoms with Crippen molar-refractivity contribution in [3.63, 3.8) is 0 Å². The highest BCUT2D eigenvalue weighted by atomic mass is 19.4. The summed E-state index contributed by atoms with van der Waals surface area (Å²) in [6, 6.07) is 5.28. The largest absolute Gasteiger partial charge is 0.573 e. The number of benzene rings is 1. The van der Waals surface area contributed by atoms with Crippen LogP contribution in [0.5, 0.6) is 5.75 Å². The number of carbonyl (C=O) groups is 1. The summed E-state index contributed by atoms with van der Waals surface area (Å²) in [5, 5.41) is 14.4. The number of urea groups is 1. The summed E-state index contributed by atoms with van der Waals surface area (Å²) in [5.41, 5.74) is 0.244. The fourth-order valence-electron chi connectivity index (χ4n) is 2.78. The highest BCUT2D eigenvalue weighted by molar-refractivity contribution is 5.74. The van der Waals surface area contributed by atoms with Gasteiger partial charge in [0.15, 0.2) is 0 Å². The molecular weight excluding hydrogens is 325 g/mol. The Hall–Kier alpha value is -1.96. The second kappa shape index (κ2) is 8.23. The van der Waals surface area contributed by atoms with Crippen molar-refractivity contribution in [1.29, 1.82) is 0 Å². The van der Waals surface area contributed by atoms with Gasteiger partial charge in [-0.3, -0.25) is 0 Å². The summed E-state index contributed by atoms with van der Waals surface area (Å²) in [7, 11) is 0. The summed E-state index contributed by atoms with van der Waals surface area (Å²) >= 11 is 0. The molecule has 2 amide bonds. The maximum Gasteiger partial charge on any atom is 0.573 e.